The van der Waals surface area contributed by atoms with E-state index in [0.717, 1.165) is 24.8 Å². The quantitative estimate of drug-likeness (QED) is 0.434. The second kappa shape index (κ2) is 6.31. The van der Waals surface area contributed by atoms with Crippen LogP contribution in [0.4, 0.5) is 0 Å². The van der Waals surface area contributed by atoms with Gasteiger partial charge in [-0.3, -0.25) is 0 Å². The molecule has 0 aromatic heterocycles. The number of hydrogen-bond acceptors (Lipinski definition) is 0. The molecule has 0 aliphatic carbocycles. The molecule has 0 amide bonds. The maximum absolute atomic E-state index is 5.75. The third-order valence-corrected chi connectivity index (χ3v) is 2.97. The van der Waals surface area contributed by atoms with E-state index in [2.05, 4.69) is 0 Å². The Labute approximate surface area is 91.0 Å². The summed E-state index contributed by atoms with van der Waals surface area (Å²) in [7, 11) is 0. The highest BCUT2D eigenvalue weighted by atomic mass is 35.5. The molecule has 4 heteroatoms. The number of nitrogens with zero attached hydrogens (tertiary/aromatic N) is 1. The van der Waals surface area contributed by atoms with Crippen LogP contribution < -0.4 is 12.4 Å². The van der Waals surface area contributed by atoms with Crippen LogP contribution in [-0.4, -0.2) is 42.4 Å². The maximum atomic E-state index is 5.75. The first kappa shape index (κ1) is 12.8. The molecular formula is C8H16Cl3N. The summed E-state index contributed by atoms with van der Waals surface area (Å²) in [5.41, 5.74) is 0. The Morgan fingerprint density at radius 2 is 1.33 bits per heavy atom. The van der Waals surface area contributed by atoms with Crippen molar-refractivity contribution in [1.29, 1.82) is 0 Å². The lowest BCUT2D eigenvalue weighted by atomic mass is 10.4. The van der Waals surface area contributed by atoms with Crippen molar-refractivity contribution in [3.8, 4) is 0 Å². The average Bonchev–Trinajstić information content (AvgIpc) is 2.39. The van der Waals surface area contributed by atoms with Crippen molar-refractivity contribution in [2.45, 2.75) is 12.8 Å². The van der Waals surface area contributed by atoms with Crippen molar-refractivity contribution in [3.63, 3.8) is 0 Å². The van der Waals surface area contributed by atoms with E-state index >= 15 is 0 Å². The molecule has 0 N–H and O–H groups in total. The van der Waals surface area contributed by atoms with Gasteiger partial charge in [-0.15, -0.1) is 23.2 Å². The molecule has 74 valence electrons. The molecule has 1 aliphatic heterocycles. The van der Waals surface area contributed by atoms with Crippen LogP contribution in [0, 0.1) is 0 Å². The molecule has 0 radical (unpaired) electrons. The number of alkyl halides is 2. The Bertz CT molecular complexity index is 105. The average molecular weight is 233 g/mol. The van der Waals surface area contributed by atoms with Gasteiger partial charge >= 0.3 is 0 Å². The van der Waals surface area contributed by atoms with Crippen LogP contribution in [0.25, 0.3) is 0 Å². The van der Waals surface area contributed by atoms with E-state index in [4.69, 9.17) is 23.2 Å². The molecule has 0 atom stereocenters. The van der Waals surface area contributed by atoms with Gasteiger partial charge in [0.1, 0.15) is 0 Å². The molecular weight excluding hydrogens is 216 g/mol. The van der Waals surface area contributed by atoms with Gasteiger partial charge in [-0.1, -0.05) is 0 Å². The van der Waals surface area contributed by atoms with Crippen LogP contribution >= 0.6 is 23.2 Å². The molecule has 0 bridgehead atoms. The predicted octanol–water partition coefficient (Wildman–Crippen LogP) is -0.921. The summed E-state index contributed by atoms with van der Waals surface area (Å²) in [6.07, 6.45) is 2.71. The fourth-order valence-electron chi connectivity index (χ4n) is 1.92. The predicted molar refractivity (Wildman–Crippen MR) is 50.4 cm³/mol. The minimum absolute atomic E-state index is 0. The van der Waals surface area contributed by atoms with Crippen molar-refractivity contribution < 1.29 is 16.9 Å². The van der Waals surface area contributed by atoms with Crippen LogP contribution in [-0.2, 0) is 0 Å². The van der Waals surface area contributed by atoms with Crippen LogP contribution in [0.3, 0.4) is 0 Å². The summed E-state index contributed by atoms with van der Waals surface area (Å²) in [6, 6.07) is 0. The summed E-state index contributed by atoms with van der Waals surface area (Å²) in [5.74, 6) is 1.55. The van der Waals surface area contributed by atoms with Crippen LogP contribution in [0.15, 0.2) is 0 Å². The molecule has 0 saturated carbocycles. The van der Waals surface area contributed by atoms with Crippen molar-refractivity contribution in [2.24, 2.45) is 0 Å². The van der Waals surface area contributed by atoms with E-state index < -0.39 is 0 Å². The molecule has 0 aromatic carbocycles. The van der Waals surface area contributed by atoms with Crippen molar-refractivity contribution in [2.75, 3.05) is 37.9 Å². The van der Waals surface area contributed by atoms with Gasteiger partial charge in [0.15, 0.2) is 0 Å². The largest absolute Gasteiger partial charge is 1.00 e. The summed E-state index contributed by atoms with van der Waals surface area (Å²) >= 11 is 11.5. The zero-order valence-corrected chi connectivity index (χ0v) is 9.51. The molecule has 0 unspecified atom stereocenters. The lowest BCUT2D eigenvalue weighted by Crippen LogP contribution is -3.00. The van der Waals surface area contributed by atoms with E-state index in [1.54, 1.807) is 0 Å². The number of halogens is 3. The minimum Gasteiger partial charge on any atom is -1.00 e. The molecule has 0 aromatic rings. The zero-order chi connectivity index (χ0) is 8.16. The molecule has 1 heterocycles. The topological polar surface area (TPSA) is 0 Å². The van der Waals surface area contributed by atoms with Gasteiger partial charge in [-0.25, -0.2) is 0 Å². The SMILES string of the molecule is ClCC[N+]1(CCCl)CCCC1.[Cl-]. The summed E-state index contributed by atoms with van der Waals surface area (Å²) in [4.78, 5) is 0. The van der Waals surface area contributed by atoms with E-state index in [-0.39, 0.29) is 12.4 Å². The van der Waals surface area contributed by atoms with Gasteiger partial charge in [0.05, 0.1) is 37.9 Å². The highest BCUT2D eigenvalue weighted by molar-refractivity contribution is 6.18. The molecule has 1 saturated heterocycles. The smallest absolute Gasteiger partial charge is 0.0924 e. The standard InChI is InChI=1S/C8H16Cl2N.ClH/c9-3-7-11(8-4-10)5-1-2-6-11;/h1-8H2;1H/q+1;/p-1. The Hall–Kier alpha value is 0.830. The molecule has 0 spiro atoms. The normalized spacial score (nSPS) is 20.5. The fraction of sp³-hybridized carbons (Fsp3) is 1.00. The second-order valence-electron chi connectivity index (χ2n) is 3.32. The molecule has 12 heavy (non-hydrogen) atoms. The summed E-state index contributed by atoms with van der Waals surface area (Å²) < 4.78 is 1.17. The molecule has 1 fully saturated rings. The van der Waals surface area contributed by atoms with Crippen molar-refractivity contribution in [1.82, 2.24) is 0 Å². The number of hydrogen-bond donors (Lipinski definition) is 0. The highest BCUT2D eigenvalue weighted by Crippen LogP contribution is 2.19. The van der Waals surface area contributed by atoms with Gasteiger partial charge in [0.2, 0.25) is 0 Å². The Morgan fingerprint density at radius 3 is 1.67 bits per heavy atom. The minimum atomic E-state index is 0. The van der Waals surface area contributed by atoms with E-state index in [9.17, 15) is 0 Å². The van der Waals surface area contributed by atoms with Gasteiger partial charge in [0.25, 0.3) is 0 Å². The van der Waals surface area contributed by atoms with Gasteiger partial charge in [0, 0.05) is 12.8 Å². The van der Waals surface area contributed by atoms with Gasteiger partial charge in [-0.05, 0) is 0 Å². The molecule has 1 aliphatic rings. The highest BCUT2D eigenvalue weighted by Gasteiger charge is 2.30. The van der Waals surface area contributed by atoms with Crippen LogP contribution in [0.1, 0.15) is 12.8 Å². The first-order valence-corrected chi connectivity index (χ1v) is 5.37. The van der Waals surface area contributed by atoms with E-state index in [1.807, 2.05) is 0 Å². The number of rotatable bonds is 4. The third-order valence-electron chi connectivity index (χ3n) is 2.63. The third kappa shape index (κ3) is 3.29. The molecule has 1 rings (SSSR count). The Kier molecular flexibility index (Phi) is 6.75. The lowest BCUT2D eigenvalue weighted by Gasteiger charge is -2.32. The number of likely N-dealkylation sites (tertiary alicyclic amines) is 1. The van der Waals surface area contributed by atoms with Crippen LogP contribution in [0.2, 0.25) is 0 Å². The fourth-order valence-corrected chi connectivity index (χ4v) is 2.64. The lowest BCUT2D eigenvalue weighted by molar-refractivity contribution is -0.912. The van der Waals surface area contributed by atoms with Crippen LogP contribution in [0.5, 0.6) is 0 Å². The Balaban J connectivity index is 0.00000121. The maximum Gasteiger partial charge on any atom is 0.0924 e. The van der Waals surface area contributed by atoms with Crippen molar-refractivity contribution >= 4 is 23.2 Å². The second-order valence-corrected chi connectivity index (χ2v) is 4.08. The first-order valence-electron chi connectivity index (χ1n) is 4.30. The zero-order valence-electron chi connectivity index (χ0n) is 7.24. The van der Waals surface area contributed by atoms with Crippen molar-refractivity contribution in [3.05, 3.63) is 0 Å². The van der Waals surface area contributed by atoms with Gasteiger partial charge in [-0.2, -0.15) is 0 Å². The van der Waals surface area contributed by atoms with E-state index in [0.29, 0.717) is 0 Å². The summed E-state index contributed by atoms with van der Waals surface area (Å²) in [6.45, 7) is 4.79. The summed E-state index contributed by atoms with van der Waals surface area (Å²) in [5, 5.41) is 0. The molecule has 1 nitrogen and oxygen atoms in total. The monoisotopic (exact) mass is 231 g/mol. The van der Waals surface area contributed by atoms with Gasteiger partial charge < -0.3 is 16.9 Å². The first-order chi connectivity index (χ1) is 5.33. The Morgan fingerprint density at radius 1 is 0.917 bits per heavy atom. The number of quaternary nitrogens is 1. The van der Waals surface area contributed by atoms with E-state index in [1.165, 1.54) is 30.4 Å².